The molecule has 0 saturated carbocycles. The Balaban J connectivity index is 2.20. The zero-order valence-corrected chi connectivity index (χ0v) is 13.6. The minimum absolute atomic E-state index is 0.253. The van der Waals surface area contributed by atoms with E-state index in [-0.39, 0.29) is 6.04 Å². The highest BCUT2D eigenvalue weighted by atomic mass is 35.5. The molecule has 2 nitrogen and oxygen atoms in total. The van der Waals surface area contributed by atoms with Crippen molar-refractivity contribution in [1.29, 1.82) is 0 Å². The number of benzene rings is 2. The van der Waals surface area contributed by atoms with Crippen molar-refractivity contribution in [2.75, 3.05) is 20.8 Å². The van der Waals surface area contributed by atoms with Crippen LogP contribution in [0.3, 0.4) is 0 Å². The van der Waals surface area contributed by atoms with Gasteiger partial charge < -0.3 is 10.1 Å². The standard InChI is InChI=1S/C18H22ClNO/c1-13(20-2)17-9-8-16(12-18(17)19)15-6-4-14(5-7-15)10-11-21-3/h4-9,12-13,20H,10-11H2,1-3H3. The fraction of sp³-hybridized carbons (Fsp3) is 0.333. The molecule has 1 atom stereocenters. The van der Waals surface area contributed by atoms with Crippen LogP contribution >= 0.6 is 11.6 Å². The smallest absolute Gasteiger partial charge is 0.0502 e. The second kappa shape index (κ2) is 7.60. The molecular weight excluding hydrogens is 282 g/mol. The van der Waals surface area contributed by atoms with Gasteiger partial charge in [0.1, 0.15) is 0 Å². The third kappa shape index (κ3) is 4.07. The maximum Gasteiger partial charge on any atom is 0.0502 e. The number of methoxy groups -OCH3 is 1. The maximum atomic E-state index is 6.40. The van der Waals surface area contributed by atoms with Crippen molar-refractivity contribution in [2.45, 2.75) is 19.4 Å². The molecule has 0 aromatic heterocycles. The second-order valence-electron chi connectivity index (χ2n) is 5.19. The molecule has 0 aliphatic rings. The molecule has 3 heteroatoms. The van der Waals surface area contributed by atoms with Crippen LogP contribution in [0.1, 0.15) is 24.1 Å². The van der Waals surface area contributed by atoms with E-state index in [2.05, 4.69) is 48.6 Å². The molecule has 2 aromatic rings. The largest absolute Gasteiger partial charge is 0.384 e. The Bertz CT molecular complexity index is 580. The highest BCUT2D eigenvalue weighted by molar-refractivity contribution is 6.31. The van der Waals surface area contributed by atoms with E-state index in [1.807, 2.05) is 13.1 Å². The first-order valence-electron chi connectivity index (χ1n) is 7.20. The van der Waals surface area contributed by atoms with Crippen molar-refractivity contribution in [3.8, 4) is 11.1 Å². The van der Waals surface area contributed by atoms with E-state index in [1.165, 1.54) is 11.1 Å². The summed E-state index contributed by atoms with van der Waals surface area (Å²) < 4.78 is 5.10. The molecule has 1 unspecified atom stereocenters. The fourth-order valence-electron chi connectivity index (χ4n) is 2.30. The van der Waals surface area contributed by atoms with Gasteiger partial charge in [-0.1, -0.05) is 48.0 Å². The first kappa shape index (κ1) is 16.0. The van der Waals surface area contributed by atoms with E-state index in [9.17, 15) is 0 Å². The summed E-state index contributed by atoms with van der Waals surface area (Å²) >= 11 is 6.40. The third-order valence-corrected chi connectivity index (χ3v) is 4.11. The van der Waals surface area contributed by atoms with E-state index in [1.54, 1.807) is 7.11 Å². The normalized spacial score (nSPS) is 12.4. The van der Waals surface area contributed by atoms with E-state index >= 15 is 0 Å². The minimum atomic E-state index is 0.253. The lowest BCUT2D eigenvalue weighted by Crippen LogP contribution is -2.12. The number of nitrogens with one attached hydrogen (secondary N) is 1. The topological polar surface area (TPSA) is 21.3 Å². The lowest BCUT2D eigenvalue weighted by Gasteiger charge is -2.14. The van der Waals surface area contributed by atoms with E-state index in [0.29, 0.717) is 0 Å². The first-order chi connectivity index (χ1) is 10.2. The van der Waals surface area contributed by atoms with E-state index < -0.39 is 0 Å². The van der Waals surface area contributed by atoms with Crippen molar-refractivity contribution in [1.82, 2.24) is 5.32 Å². The number of hydrogen-bond donors (Lipinski definition) is 1. The van der Waals surface area contributed by atoms with Gasteiger partial charge in [-0.25, -0.2) is 0 Å². The fourth-order valence-corrected chi connectivity index (χ4v) is 2.64. The molecule has 2 aromatic carbocycles. The van der Waals surface area contributed by atoms with Gasteiger partial charge in [0.05, 0.1) is 6.61 Å². The highest BCUT2D eigenvalue weighted by Gasteiger charge is 2.09. The summed E-state index contributed by atoms with van der Waals surface area (Å²) in [4.78, 5) is 0. The second-order valence-corrected chi connectivity index (χ2v) is 5.59. The van der Waals surface area contributed by atoms with Crippen molar-refractivity contribution in [2.24, 2.45) is 0 Å². The van der Waals surface area contributed by atoms with Crippen LogP contribution in [0.5, 0.6) is 0 Å². The van der Waals surface area contributed by atoms with Gasteiger partial charge >= 0.3 is 0 Å². The van der Waals surface area contributed by atoms with Crippen LogP contribution in [0.15, 0.2) is 42.5 Å². The number of ether oxygens (including phenoxy) is 1. The molecular formula is C18H22ClNO. The Morgan fingerprint density at radius 1 is 1.10 bits per heavy atom. The average Bonchev–Trinajstić information content (AvgIpc) is 2.52. The molecule has 0 aliphatic carbocycles. The van der Waals surface area contributed by atoms with Crippen LogP contribution in [-0.4, -0.2) is 20.8 Å². The Hall–Kier alpha value is -1.35. The first-order valence-corrected chi connectivity index (χ1v) is 7.58. The molecule has 0 bridgehead atoms. The molecule has 0 amide bonds. The van der Waals surface area contributed by atoms with E-state index in [4.69, 9.17) is 16.3 Å². The van der Waals surface area contributed by atoms with Crippen molar-refractivity contribution < 1.29 is 4.74 Å². The van der Waals surface area contributed by atoms with Crippen molar-refractivity contribution in [3.05, 3.63) is 58.6 Å². The van der Waals surface area contributed by atoms with Crippen LogP contribution in [0.2, 0.25) is 5.02 Å². The molecule has 112 valence electrons. The predicted molar refractivity (Wildman–Crippen MR) is 89.9 cm³/mol. The van der Waals surface area contributed by atoms with Gasteiger partial charge in [-0.3, -0.25) is 0 Å². The van der Waals surface area contributed by atoms with Gasteiger partial charge in [0.15, 0.2) is 0 Å². The molecule has 1 N–H and O–H groups in total. The van der Waals surface area contributed by atoms with Crippen LogP contribution in [0, 0.1) is 0 Å². The highest BCUT2D eigenvalue weighted by Crippen LogP contribution is 2.29. The Morgan fingerprint density at radius 3 is 2.33 bits per heavy atom. The van der Waals surface area contributed by atoms with Gasteiger partial charge in [-0.2, -0.15) is 0 Å². The molecule has 0 spiro atoms. The molecule has 0 radical (unpaired) electrons. The molecule has 21 heavy (non-hydrogen) atoms. The van der Waals surface area contributed by atoms with Gasteiger partial charge in [-0.05, 0) is 48.7 Å². The molecule has 0 saturated heterocycles. The van der Waals surface area contributed by atoms with Crippen LogP contribution in [0.25, 0.3) is 11.1 Å². The molecule has 0 heterocycles. The van der Waals surface area contributed by atoms with Gasteiger partial charge in [0.2, 0.25) is 0 Å². The monoisotopic (exact) mass is 303 g/mol. The van der Waals surface area contributed by atoms with Crippen molar-refractivity contribution in [3.63, 3.8) is 0 Å². The summed E-state index contributed by atoms with van der Waals surface area (Å²) in [5.41, 5.74) is 4.74. The Kier molecular flexibility index (Phi) is 5.80. The number of hydrogen-bond acceptors (Lipinski definition) is 2. The van der Waals surface area contributed by atoms with Crippen LogP contribution in [0.4, 0.5) is 0 Å². The summed E-state index contributed by atoms with van der Waals surface area (Å²) in [6, 6.07) is 15.1. The van der Waals surface area contributed by atoms with Gasteiger partial charge in [0.25, 0.3) is 0 Å². The van der Waals surface area contributed by atoms with E-state index in [0.717, 1.165) is 29.2 Å². The summed E-state index contributed by atoms with van der Waals surface area (Å²) in [5.74, 6) is 0. The lowest BCUT2D eigenvalue weighted by atomic mass is 10.00. The number of halogens is 1. The maximum absolute atomic E-state index is 6.40. The summed E-state index contributed by atoms with van der Waals surface area (Å²) in [7, 11) is 3.66. The van der Waals surface area contributed by atoms with Gasteiger partial charge in [0, 0.05) is 18.2 Å². The quantitative estimate of drug-likeness (QED) is 0.850. The molecule has 2 rings (SSSR count). The predicted octanol–water partition coefficient (Wildman–Crippen LogP) is 4.48. The Morgan fingerprint density at radius 2 is 1.76 bits per heavy atom. The SMILES string of the molecule is CNC(C)c1ccc(-c2ccc(CCOC)cc2)cc1Cl. The lowest BCUT2D eigenvalue weighted by molar-refractivity contribution is 0.202. The Labute approximate surface area is 132 Å². The zero-order chi connectivity index (χ0) is 15.2. The third-order valence-electron chi connectivity index (χ3n) is 3.78. The summed E-state index contributed by atoms with van der Waals surface area (Å²) in [6.07, 6.45) is 0.941. The van der Waals surface area contributed by atoms with Gasteiger partial charge in [-0.15, -0.1) is 0 Å². The van der Waals surface area contributed by atoms with Crippen LogP contribution < -0.4 is 5.32 Å². The summed E-state index contributed by atoms with van der Waals surface area (Å²) in [6.45, 7) is 2.85. The van der Waals surface area contributed by atoms with Crippen LogP contribution in [-0.2, 0) is 11.2 Å². The number of rotatable bonds is 6. The zero-order valence-electron chi connectivity index (χ0n) is 12.8. The summed E-state index contributed by atoms with van der Waals surface area (Å²) in [5, 5.41) is 4.02. The minimum Gasteiger partial charge on any atom is -0.384 e. The average molecular weight is 304 g/mol. The van der Waals surface area contributed by atoms with Crippen molar-refractivity contribution >= 4 is 11.6 Å². The molecule has 0 fully saturated rings. The molecule has 0 aliphatic heterocycles.